The van der Waals surface area contributed by atoms with Gasteiger partial charge in [0.25, 0.3) is 0 Å². The minimum atomic E-state index is -0.231. The third-order valence-corrected chi connectivity index (χ3v) is 3.87. The molecule has 1 heterocycles. The van der Waals surface area contributed by atoms with E-state index in [1.807, 2.05) is 0 Å². The van der Waals surface area contributed by atoms with Crippen LogP contribution in [0.1, 0.15) is 77.2 Å². The summed E-state index contributed by atoms with van der Waals surface area (Å²) in [6, 6.07) is 2.39. The summed E-state index contributed by atoms with van der Waals surface area (Å²) in [5.41, 5.74) is 2.46. The van der Waals surface area contributed by atoms with Crippen molar-refractivity contribution in [2.24, 2.45) is 0 Å². The highest BCUT2D eigenvalue weighted by molar-refractivity contribution is 5.21. The van der Waals surface area contributed by atoms with Crippen molar-refractivity contribution < 1.29 is 5.11 Å². The highest BCUT2D eigenvalue weighted by Gasteiger charge is 2.32. The second-order valence-corrected chi connectivity index (χ2v) is 6.87. The average molecular weight is 250 g/mol. The molecule has 1 aromatic rings. The molecule has 2 unspecified atom stereocenters. The largest absolute Gasteiger partial charge is 0.391 e. The first kappa shape index (κ1) is 13.6. The van der Waals surface area contributed by atoms with Crippen LogP contribution in [-0.2, 0) is 5.41 Å². The zero-order valence-electron chi connectivity index (χ0n) is 12.3. The third-order valence-electron chi connectivity index (χ3n) is 3.87. The van der Waals surface area contributed by atoms with Crippen molar-refractivity contribution in [1.82, 2.24) is 9.78 Å². The molecular weight excluding hydrogens is 224 g/mol. The van der Waals surface area contributed by atoms with Crippen LogP contribution < -0.4 is 0 Å². The molecule has 0 saturated heterocycles. The first-order chi connectivity index (χ1) is 8.30. The van der Waals surface area contributed by atoms with E-state index in [0.29, 0.717) is 5.92 Å². The lowest BCUT2D eigenvalue weighted by Crippen LogP contribution is -2.26. The highest BCUT2D eigenvalue weighted by Crippen LogP contribution is 2.35. The smallest absolute Gasteiger partial charge is 0.0781 e. The minimum absolute atomic E-state index is 0.0719. The van der Waals surface area contributed by atoms with Crippen molar-refractivity contribution in [3.05, 3.63) is 17.5 Å². The molecule has 0 bridgehead atoms. The standard InChI is InChI=1S/C15H26N2O/c1-10(2)11-9-14(15(3,4)5)17(16-11)12-7-6-8-13(12)18/h9-10,12-13,18H,6-8H2,1-5H3. The lowest BCUT2D eigenvalue weighted by molar-refractivity contribution is 0.126. The van der Waals surface area contributed by atoms with Gasteiger partial charge in [0.2, 0.25) is 0 Å². The Morgan fingerprint density at radius 1 is 1.33 bits per heavy atom. The van der Waals surface area contributed by atoms with Crippen molar-refractivity contribution in [1.29, 1.82) is 0 Å². The molecule has 0 radical (unpaired) electrons. The van der Waals surface area contributed by atoms with Gasteiger partial charge >= 0.3 is 0 Å². The number of aliphatic hydroxyl groups is 1. The fraction of sp³-hybridized carbons (Fsp3) is 0.800. The monoisotopic (exact) mass is 250 g/mol. The molecular formula is C15H26N2O. The van der Waals surface area contributed by atoms with Gasteiger partial charge in [0.05, 0.1) is 17.8 Å². The Bertz CT molecular complexity index is 415. The number of rotatable bonds is 2. The summed E-state index contributed by atoms with van der Waals surface area (Å²) in [7, 11) is 0. The lowest BCUT2D eigenvalue weighted by atomic mass is 9.91. The van der Waals surface area contributed by atoms with Crippen LogP contribution in [0.4, 0.5) is 0 Å². The number of aromatic nitrogens is 2. The second-order valence-electron chi connectivity index (χ2n) is 6.87. The number of hydrogen-bond acceptors (Lipinski definition) is 2. The maximum atomic E-state index is 10.1. The van der Waals surface area contributed by atoms with Gasteiger partial charge in [0.15, 0.2) is 0 Å². The van der Waals surface area contributed by atoms with E-state index in [0.717, 1.165) is 25.0 Å². The molecule has 1 N–H and O–H groups in total. The summed E-state index contributed by atoms with van der Waals surface area (Å²) >= 11 is 0. The summed E-state index contributed by atoms with van der Waals surface area (Å²) < 4.78 is 2.10. The first-order valence-electron chi connectivity index (χ1n) is 7.08. The zero-order valence-corrected chi connectivity index (χ0v) is 12.3. The summed E-state index contributed by atoms with van der Waals surface area (Å²) in [6.45, 7) is 11.0. The third kappa shape index (κ3) is 2.46. The zero-order chi connectivity index (χ0) is 13.5. The van der Waals surface area contributed by atoms with E-state index in [1.54, 1.807) is 0 Å². The van der Waals surface area contributed by atoms with E-state index in [2.05, 4.69) is 45.4 Å². The van der Waals surface area contributed by atoms with Gasteiger partial charge in [-0.2, -0.15) is 5.10 Å². The molecule has 1 aliphatic carbocycles. The van der Waals surface area contributed by atoms with Gasteiger partial charge in [0, 0.05) is 11.1 Å². The highest BCUT2D eigenvalue weighted by atomic mass is 16.3. The van der Waals surface area contributed by atoms with Crippen LogP contribution in [0.2, 0.25) is 0 Å². The van der Waals surface area contributed by atoms with Gasteiger partial charge in [0.1, 0.15) is 0 Å². The molecule has 18 heavy (non-hydrogen) atoms. The Labute approximate surface area is 110 Å². The van der Waals surface area contributed by atoms with E-state index in [9.17, 15) is 5.11 Å². The molecule has 1 aliphatic rings. The van der Waals surface area contributed by atoms with Gasteiger partial charge in [-0.25, -0.2) is 0 Å². The molecule has 102 valence electrons. The summed E-state index contributed by atoms with van der Waals surface area (Å²) in [5, 5.41) is 14.9. The summed E-state index contributed by atoms with van der Waals surface area (Å²) in [5.74, 6) is 0.436. The van der Waals surface area contributed by atoms with Crippen molar-refractivity contribution in [3.8, 4) is 0 Å². The molecule has 3 heteroatoms. The molecule has 1 fully saturated rings. The molecule has 0 spiro atoms. The molecule has 0 aromatic carbocycles. The number of hydrogen-bond donors (Lipinski definition) is 1. The van der Waals surface area contributed by atoms with Gasteiger partial charge < -0.3 is 5.11 Å². The summed E-state index contributed by atoms with van der Waals surface area (Å²) in [6.07, 6.45) is 2.83. The first-order valence-corrected chi connectivity index (χ1v) is 7.08. The van der Waals surface area contributed by atoms with E-state index < -0.39 is 0 Å². The predicted octanol–water partition coefficient (Wildman–Crippen LogP) is 3.39. The van der Waals surface area contributed by atoms with Crippen LogP contribution in [0.3, 0.4) is 0 Å². The van der Waals surface area contributed by atoms with Crippen molar-refractivity contribution in [2.45, 2.75) is 77.4 Å². The Hall–Kier alpha value is -0.830. The van der Waals surface area contributed by atoms with Gasteiger partial charge in [-0.15, -0.1) is 0 Å². The Morgan fingerprint density at radius 3 is 2.44 bits per heavy atom. The molecule has 0 aliphatic heterocycles. The van der Waals surface area contributed by atoms with Gasteiger partial charge in [-0.1, -0.05) is 34.6 Å². The van der Waals surface area contributed by atoms with Crippen LogP contribution in [0, 0.1) is 0 Å². The van der Waals surface area contributed by atoms with Crippen LogP contribution >= 0.6 is 0 Å². The number of nitrogens with zero attached hydrogens (tertiary/aromatic N) is 2. The fourth-order valence-electron chi connectivity index (χ4n) is 2.71. The molecule has 3 nitrogen and oxygen atoms in total. The predicted molar refractivity (Wildman–Crippen MR) is 73.9 cm³/mol. The minimum Gasteiger partial charge on any atom is -0.391 e. The Morgan fingerprint density at radius 2 is 2.00 bits per heavy atom. The fourth-order valence-corrected chi connectivity index (χ4v) is 2.71. The molecule has 0 amide bonds. The van der Waals surface area contributed by atoms with Crippen molar-refractivity contribution >= 4 is 0 Å². The lowest BCUT2D eigenvalue weighted by Gasteiger charge is -2.25. The molecule has 2 atom stereocenters. The normalized spacial score (nSPS) is 25.1. The maximum absolute atomic E-state index is 10.1. The quantitative estimate of drug-likeness (QED) is 0.873. The maximum Gasteiger partial charge on any atom is 0.0781 e. The average Bonchev–Trinajstić information content (AvgIpc) is 2.81. The van der Waals surface area contributed by atoms with Crippen LogP contribution in [-0.4, -0.2) is 21.0 Å². The van der Waals surface area contributed by atoms with Crippen LogP contribution in [0.5, 0.6) is 0 Å². The number of aliphatic hydroxyl groups excluding tert-OH is 1. The molecule has 2 rings (SSSR count). The van der Waals surface area contributed by atoms with Gasteiger partial charge in [-0.05, 0) is 31.2 Å². The van der Waals surface area contributed by atoms with E-state index in [1.165, 1.54) is 5.69 Å². The Kier molecular flexibility index (Phi) is 3.54. The van der Waals surface area contributed by atoms with Crippen molar-refractivity contribution in [3.63, 3.8) is 0 Å². The van der Waals surface area contributed by atoms with E-state index in [-0.39, 0.29) is 17.6 Å². The molecule has 1 aromatic heterocycles. The topological polar surface area (TPSA) is 38.0 Å². The van der Waals surface area contributed by atoms with Gasteiger partial charge in [-0.3, -0.25) is 4.68 Å². The van der Waals surface area contributed by atoms with Crippen LogP contribution in [0.25, 0.3) is 0 Å². The SMILES string of the molecule is CC(C)c1cc(C(C)(C)C)n(C2CCCC2O)n1. The van der Waals surface area contributed by atoms with Crippen molar-refractivity contribution in [2.75, 3.05) is 0 Å². The second kappa shape index (κ2) is 4.69. The Balaban J connectivity index is 2.44. The molecule has 1 saturated carbocycles. The van der Waals surface area contributed by atoms with Crippen LogP contribution in [0.15, 0.2) is 6.07 Å². The van der Waals surface area contributed by atoms with E-state index >= 15 is 0 Å². The van der Waals surface area contributed by atoms with E-state index in [4.69, 9.17) is 5.10 Å². The summed E-state index contributed by atoms with van der Waals surface area (Å²) in [4.78, 5) is 0.